The molecule has 0 aliphatic heterocycles. The molecule has 0 aliphatic rings. The summed E-state index contributed by atoms with van der Waals surface area (Å²) in [5, 5.41) is 2.74. The van der Waals surface area contributed by atoms with Crippen LogP contribution in [0.1, 0.15) is 12.5 Å². The Morgan fingerprint density at radius 2 is 1.71 bits per heavy atom. The number of carbonyl (C=O) groups excluding carboxylic acids is 1. The van der Waals surface area contributed by atoms with Gasteiger partial charge < -0.3 is 14.8 Å². The fraction of sp³-hybridized carbons (Fsp3) is 0.316. The highest BCUT2D eigenvalue weighted by Crippen LogP contribution is 2.27. The Labute approximate surface area is 173 Å². The molecule has 0 fully saturated rings. The van der Waals surface area contributed by atoms with Gasteiger partial charge in [-0.2, -0.15) is 4.31 Å². The number of sulfonamides is 1. The molecule has 0 saturated heterocycles. The summed E-state index contributed by atoms with van der Waals surface area (Å²) in [5.41, 5.74) is 0.810. The number of hydrogen-bond donors (Lipinski definition) is 1. The molecular weight excluding hydrogens is 448 g/mol. The van der Waals surface area contributed by atoms with E-state index < -0.39 is 15.9 Å². The van der Waals surface area contributed by atoms with E-state index in [1.807, 2.05) is 0 Å². The smallest absolute Gasteiger partial charge is 0.243 e. The second-order valence-corrected chi connectivity index (χ2v) is 8.70. The maximum absolute atomic E-state index is 12.7. The molecule has 2 aromatic carbocycles. The monoisotopic (exact) mass is 470 g/mol. The van der Waals surface area contributed by atoms with Crippen LogP contribution in [0.4, 0.5) is 0 Å². The zero-order valence-electron chi connectivity index (χ0n) is 15.9. The van der Waals surface area contributed by atoms with Crippen LogP contribution in [0.25, 0.3) is 0 Å². The predicted octanol–water partition coefficient (Wildman–Crippen LogP) is 2.79. The number of amides is 1. The molecule has 28 heavy (non-hydrogen) atoms. The minimum atomic E-state index is -3.75. The molecular formula is C19H23BrN2O5S. The second-order valence-electron chi connectivity index (χ2n) is 5.85. The van der Waals surface area contributed by atoms with Gasteiger partial charge in [0.05, 0.1) is 25.7 Å². The van der Waals surface area contributed by atoms with Gasteiger partial charge in [0, 0.05) is 17.6 Å². The molecule has 2 aromatic rings. The average Bonchev–Trinajstić information content (AvgIpc) is 2.70. The first-order chi connectivity index (χ1) is 13.3. The standard InChI is InChI=1S/C19H23BrN2O5S/c1-4-22(28(24,25)16-8-6-15(20)7-9-16)13-19(23)21-12-14-5-10-17(26-2)18(11-14)27-3/h5-11H,4,12-13H2,1-3H3,(H,21,23). The van der Waals surface area contributed by atoms with Crippen molar-refractivity contribution in [3.05, 3.63) is 52.5 Å². The Hall–Kier alpha value is -2.10. The van der Waals surface area contributed by atoms with E-state index in [0.29, 0.717) is 11.5 Å². The molecule has 9 heteroatoms. The number of benzene rings is 2. The van der Waals surface area contributed by atoms with Crippen LogP contribution in [0.15, 0.2) is 51.8 Å². The summed E-state index contributed by atoms with van der Waals surface area (Å²) in [6.07, 6.45) is 0. The zero-order chi connectivity index (χ0) is 20.7. The van der Waals surface area contributed by atoms with Crippen LogP contribution in [0.3, 0.4) is 0 Å². The summed E-state index contributed by atoms with van der Waals surface area (Å²) < 4.78 is 37.8. The first-order valence-electron chi connectivity index (χ1n) is 8.55. The topological polar surface area (TPSA) is 84.9 Å². The van der Waals surface area contributed by atoms with Crippen molar-refractivity contribution in [3.8, 4) is 11.5 Å². The molecule has 7 nitrogen and oxygen atoms in total. The van der Waals surface area contributed by atoms with Crippen molar-refractivity contribution < 1.29 is 22.7 Å². The van der Waals surface area contributed by atoms with Crippen molar-refractivity contribution >= 4 is 31.9 Å². The summed E-state index contributed by atoms with van der Waals surface area (Å²) in [4.78, 5) is 12.5. The van der Waals surface area contributed by atoms with E-state index in [9.17, 15) is 13.2 Å². The molecule has 0 aromatic heterocycles. The highest BCUT2D eigenvalue weighted by Gasteiger charge is 2.25. The molecule has 1 amide bonds. The number of rotatable bonds is 9. The summed E-state index contributed by atoms with van der Waals surface area (Å²) in [5.74, 6) is 0.759. The van der Waals surface area contributed by atoms with Gasteiger partial charge in [0.25, 0.3) is 0 Å². The Morgan fingerprint density at radius 1 is 1.07 bits per heavy atom. The van der Waals surface area contributed by atoms with E-state index in [1.54, 1.807) is 44.4 Å². The summed E-state index contributed by atoms with van der Waals surface area (Å²) in [6, 6.07) is 11.6. The molecule has 0 saturated carbocycles. The summed E-state index contributed by atoms with van der Waals surface area (Å²) in [7, 11) is -0.670. The first-order valence-corrected chi connectivity index (χ1v) is 10.8. The lowest BCUT2D eigenvalue weighted by molar-refractivity contribution is -0.121. The van der Waals surface area contributed by atoms with Crippen LogP contribution >= 0.6 is 15.9 Å². The van der Waals surface area contributed by atoms with Crippen LogP contribution in [0.5, 0.6) is 11.5 Å². The number of ether oxygens (including phenoxy) is 2. The van der Waals surface area contributed by atoms with E-state index in [2.05, 4.69) is 21.2 Å². The summed E-state index contributed by atoms with van der Waals surface area (Å²) >= 11 is 3.28. The largest absolute Gasteiger partial charge is 0.493 e. The molecule has 0 aliphatic carbocycles. The van der Waals surface area contributed by atoms with Crippen LogP contribution in [0, 0.1) is 0 Å². The number of methoxy groups -OCH3 is 2. The lowest BCUT2D eigenvalue weighted by atomic mass is 10.2. The molecule has 152 valence electrons. The quantitative estimate of drug-likeness (QED) is 0.608. The van der Waals surface area contributed by atoms with Gasteiger partial charge in [-0.3, -0.25) is 4.79 Å². The van der Waals surface area contributed by atoms with Crippen molar-refractivity contribution in [3.63, 3.8) is 0 Å². The number of halogens is 1. The molecule has 1 N–H and O–H groups in total. The molecule has 0 unspecified atom stereocenters. The van der Waals surface area contributed by atoms with Crippen molar-refractivity contribution in [2.24, 2.45) is 0 Å². The minimum Gasteiger partial charge on any atom is -0.493 e. The van der Waals surface area contributed by atoms with Gasteiger partial charge in [0.2, 0.25) is 15.9 Å². The highest BCUT2D eigenvalue weighted by molar-refractivity contribution is 9.10. The van der Waals surface area contributed by atoms with Crippen molar-refractivity contribution in [1.82, 2.24) is 9.62 Å². The third-order valence-electron chi connectivity index (χ3n) is 4.06. The second kappa shape index (κ2) is 9.90. The number of likely N-dealkylation sites (N-methyl/N-ethyl adjacent to an activating group) is 1. The van der Waals surface area contributed by atoms with Gasteiger partial charge in [0.15, 0.2) is 11.5 Å². The minimum absolute atomic E-state index is 0.144. The Bertz CT molecular complexity index is 916. The third-order valence-corrected chi connectivity index (χ3v) is 6.53. The number of carbonyl (C=O) groups is 1. The van der Waals surface area contributed by atoms with Crippen molar-refractivity contribution in [2.45, 2.75) is 18.4 Å². The maximum atomic E-state index is 12.7. The fourth-order valence-electron chi connectivity index (χ4n) is 2.53. The van der Waals surface area contributed by atoms with Crippen molar-refractivity contribution in [2.75, 3.05) is 27.3 Å². The Balaban J connectivity index is 2.03. The Morgan fingerprint density at radius 3 is 2.29 bits per heavy atom. The maximum Gasteiger partial charge on any atom is 0.243 e. The lowest BCUT2D eigenvalue weighted by Gasteiger charge is -2.20. The number of nitrogens with zero attached hydrogens (tertiary/aromatic N) is 1. The van der Waals surface area contributed by atoms with Gasteiger partial charge in [-0.05, 0) is 42.0 Å². The fourth-order valence-corrected chi connectivity index (χ4v) is 4.20. The van der Waals surface area contributed by atoms with Gasteiger partial charge in [-0.25, -0.2) is 8.42 Å². The van der Waals surface area contributed by atoms with E-state index in [-0.39, 0.29) is 24.5 Å². The van der Waals surface area contributed by atoms with Gasteiger partial charge >= 0.3 is 0 Å². The van der Waals surface area contributed by atoms with Gasteiger partial charge in [-0.15, -0.1) is 0 Å². The molecule has 0 atom stereocenters. The zero-order valence-corrected chi connectivity index (χ0v) is 18.3. The van der Waals surface area contributed by atoms with E-state index in [4.69, 9.17) is 9.47 Å². The van der Waals surface area contributed by atoms with Crippen LogP contribution in [0.2, 0.25) is 0 Å². The van der Waals surface area contributed by atoms with Crippen LogP contribution in [-0.2, 0) is 21.4 Å². The van der Waals surface area contributed by atoms with E-state index in [0.717, 1.165) is 14.3 Å². The highest BCUT2D eigenvalue weighted by atomic mass is 79.9. The number of nitrogens with one attached hydrogen (secondary N) is 1. The van der Waals surface area contributed by atoms with Crippen LogP contribution < -0.4 is 14.8 Å². The molecule has 0 bridgehead atoms. The molecule has 0 heterocycles. The first kappa shape index (κ1) is 22.2. The molecule has 0 radical (unpaired) electrons. The van der Waals surface area contributed by atoms with E-state index in [1.165, 1.54) is 19.2 Å². The van der Waals surface area contributed by atoms with E-state index >= 15 is 0 Å². The lowest BCUT2D eigenvalue weighted by Crippen LogP contribution is -2.40. The molecule has 0 spiro atoms. The third kappa shape index (κ3) is 5.46. The molecule has 2 rings (SSSR count). The van der Waals surface area contributed by atoms with Crippen LogP contribution in [-0.4, -0.2) is 45.9 Å². The predicted molar refractivity (Wildman–Crippen MR) is 110 cm³/mol. The number of hydrogen-bond acceptors (Lipinski definition) is 5. The van der Waals surface area contributed by atoms with Gasteiger partial charge in [0.1, 0.15) is 0 Å². The van der Waals surface area contributed by atoms with Gasteiger partial charge in [-0.1, -0.05) is 28.9 Å². The van der Waals surface area contributed by atoms with Crippen molar-refractivity contribution in [1.29, 1.82) is 0 Å². The SMILES string of the molecule is CCN(CC(=O)NCc1ccc(OC)c(OC)c1)S(=O)(=O)c1ccc(Br)cc1. The average molecular weight is 471 g/mol. The summed E-state index contributed by atoms with van der Waals surface area (Å²) in [6.45, 7) is 1.86. The Kier molecular flexibility index (Phi) is 7.85. The normalized spacial score (nSPS) is 11.3.